The summed E-state index contributed by atoms with van der Waals surface area (Å²) in [5, 5.41) is 0. The van der Waals surface area contributed by atoms with Gasteiger partial charge in [0.2, 0.25) is 0 Å². The van der Waals surface area contributed by atoms with Gasteiger partial charge in [0.1, 0.15) is 0 Å². The Kier molecular flexibility index (Phi) is 7.00. The topological polar surface area (TPSA) is 18.5 Å². The molecule has 0 aromatic carbocycles. The van der Waals surface area contributed by atoms with E-state index in [4.69, 9.17) is 8.92 Å². The van der Waals surface area contributed by atoms with Gasteiger partial charge in [-0.15, -0.1) is 0 Å². The first-order valence-electron chi connectivity index (χ1n) is 3.77. The van der Waals surface area contributed by atoms with E-state index in [0.29, 0.717) is 5.94 Å². The smallest absolute Gasteiger partial charge is 0.158 e. The minimum Gasteiger partial charge on any atom is -0.485 e. The molecule has 0 spiro atoms. The predicted molar refractivity (Wildman–Crippen MR) is 53.7 cm³/mol. The average molecular weight is 188 g/mol. The lowest BCUT2D eigenvalue weighted by atomic mass is 10.3. The van der Waals surface area contributed by atoms with Gasteiger partial charge in [0.15, 0.2) is 5.94 Å². The van der Waals surface area contributed by atoms with Crippen molar-refractivity contribution in [2.24, 2.45) is 0 Å². The number of hydrogen-bond donors (Lipinski definition) is 0. The Bertz CT molecular complexity index is 169. The maximum absolute atomic E-state index is 5.29. The first-order chi connectivity index (χ1) is 5.66. The van der Waals surface area contributed by atoms with Gasteiger partial charge in [-0.2, -0.15) is 0 Å². The number of rotatable bonds is 5. The van der Waals surface area contributed by atoms with Crippen molar-refractivity contribution in [2.45, 2.75) is 20.8 Å². The normalized spacial score (nSPS) is 11.2. The Morgan fingerprint density at radius 3 is 2.42 bits per heavy atom. The average Bonchev–Trinajstić information content (AvgIpc) is 2.01. The maximum atomic E-state index is 5.29. The molecule has 3 heteroatoms. The van der Waals surface area contributed by atoms with E-state index in [1.165, 1.54) is 17.6 Å². The summed E-state index contributed by atoms with van der Waals surface area (Å²) in [6, 6.07) is 0. The molecule has 0 aromatic heterocycles. The molecule has 0 rings (SSSR count). The van der Waals surface area contributed by atoms with E-state index in [1.807, 2.05) is 32.9 Å². The summed E-state index contributed by atoms with van der Waals surface area (Å²) in [6.07, 6.45) is 3.97. The highest BCUT2D eigenvalue weighted by atomic mass is 32.2. The van der Waals surface area contributed by atoms with Crippen LogP contribution in [0.5, 0.6) is 0 Å². The van der Waals surface area contributed by atoms with E-state index in [9.17, 15) is 0 Å². The SMILES string of the molecule is COSCO/C(C)=C/C=C(C)C. The predicted octanol–water partition coefficient (Wildman–Crippen LogP) is 3.13. The molecule has 0 aliphatic carbocycles. The van der Waals surface area contributed by atoms with Crippen LogP contribution in [0.1, 0.15) is 20.8 Å². The molecule has 0 unspecified atom stereocenters. The molecule has 70 valence electrons. The molecule has 0 aliphatic heterocycles. The lowest BCUT2D eigenvalue weighted by molar-refractivity contribution is 0.267. The highest BCUT2D eigenvalue weighted by Crippen LogP contribution is 2.05. The molecule has 0 radical (unpaired) electrons. The minimum absolute atomic E-state index is 0.537. The minimum atomic E-state index is 0.537. The van der Waals surface area contributed by atoms with Crippen molar-refractivity contribution < 1.29 is 8.92 Å². The van der Waals surface area contributed by atoms with Crippen LogP contribution in [0, 0.1) is 0 Å². The summed E-state index contributed by atoms with van der Waals surface area (Å²) in [5.41, 5.74) is 1.26. The quantitative estimate of drug-likeness (QED) is 0.217. The summed E-state index contributed by atoms with van der Waals surface area (Å²) < 4.78 is 10.1. The second-order valence-corrected chi connectivity index (χ2v) is 3.37. The van der Waals surface area contributed by atoms with Gasteiger partial charge >= 0.3 is 0 Å². The van der Waals surface area contributed by atoms with Gasteiger partial charge in [0.25, 0.3) is 0 Å². The summed E-state index contributed by atoms with van der Waals surface area (Å²) in [7, 11) is 1.63. The molecule has 0 N–H and O–H groups in total. The largest absolute Gasteiger partial charge is 0.485 e. The van der Waals surface area contributed by atoms with Crippen LogP contribution in [0.3, 0.4) is 0 Å². The van der Waals surface area contributed by atoms with Crippen molar-refractivity contribution in [3.8, 4) is 0 Å². The van der Waals surface area contributed by atoms with Crippen LogP contribution < -0.4 is 0 Å². The Balaban J connectivity index is 3.63. The van der Waals surface area contributed by atoms with Crippen molar-refractivity contribution in [3.63, 3.8) is 0 Å². The Morgan fingerprint density at radius 1 is 1.25 bits per heavy atom. The van der Waals surface area contributed by atoms with Crippen molar-refractivity contribution in [2.75, 3.05) is 13.0 Å². The Hall–Kier alpha value is -0.410. The standard InChI is InChI=1S/C9H16O2S/c1-8(2)5-6-9(3)11-7-12-10-4/h5-6H,7H2,1-4H3/b9-6+. The highest BCUT2D eigenvalue weighted by Gasteiger charge is 1.87. The molecular weight excluding hydrogens is 172 g/mol. The second-order valence-electron chi connectivity index (χ2n) is 2.57. The number of allylic oxidation sites excluding steroid dienone is 4. The maximum Gasteiger partial charge on any atom is 0.158 e. The first kappa shape index (κ1) is 11.6. The fourth-order valence-corrected chi connectivity index (χ4v) is 0.827. The lowest BCUT2D eigenvalue weighted by Gasteiger charge is -2.02. The van der Waals surface area contributed by atoms with E-state index < -0.39 is 0 Å². The van der Waals surface area contributed by atoms with Crippen molar-refractivity contribution in [3.05, 3.63) is 23.5 Å². The fraction of sp³-hybridized carbons (Fsp3) is 0.556. The summed E-state index contributed by atoms with van der Waals surface area (Å²) >= 11 is 1.29. The van der Waals surface area contributed by atoms with Crippen LogP contribution in [-0.2, 0) is 8.92 Å². The van der Waals surface area contributed by atoms with Crippen LogP contribution in [0.2, 0.25) is 0 Å². The third-order valence-corrected chi connectivity index (χ3v) is 1.55. The zero-order valence-electron chi connectivity index (χ0n) is 8.09. The molecule has 0 heterocycles. The lowest BCUT2D eigenvalue weighted by Crippen LogP contribution is -1.87. The van der Waals surface area contributed by atoms with Crippen molar-refractivity contribution >= 4 is 12.0 Å². The Morgan fingerprint density at radius 2 is 1.92 bits per heavy atom. The zero-order chi connectivity index (χ0) is 9.40. The van der Waals surface area contributed by atoms with Crippen LogP contribution in [0.25, 0.3) is 0 Å². The van der Waals surface area contributed by atoms with Gasteiger partial charge < -0.3 is 8.92 Å². The van der Waals surface area contributed by atoms with Gasteiger partial charge in [-0.25, -0.2) is 0 Å². The van der Waals surface area contributed by atoms with Crippen molar-refractivity contribution in [1.82, 2.24) is 0 Å². The molecular formula is C9H16O2S. The number of ether oxygens (including phenoxy) is 1. The monoisotopic (exact) mass is 188 g/mol. The molecule has 0 aromatic rings. The first-order valence-corrected chi connectivity index (χ1v) is 4.68. The molecule has 0 aliphatic rings. The van der Waals surface area contributed by atoms with Gasteiger partial charge in [-0.05, 0) is 26.8 Å². The van der Waals surface area contributed by atoms with E-state index >= 15 is 0 Å². The fourth-order valence-electron chi connectivity index (χ4n) is 0.497. The third-order valence-electron chi connectivity index (χ3n) is 1.10. The molecule has 0 fully saturated rings. The van der Waals surface area contributed by atoms with E-state index in [-0.39, 0.29) is 0 Å². The summed E-state index contributed by atoms with van der Waals surface area (Å²) in [4.78, 5) is 0. The van der Waals surface area contributed by atoms with Crippen LogP contribution in [-0.4, -0.2) is 13.0 Å². The zero-order valence-corrected chi connectivity index (χ0v) is 8.90. The van der Waals surface area contributed by atoms with E-state index in [2.05, 4.69) is 0 Å². The number of hydrogen-bond acceptors (Lipinski definition) is 3. The molecule has 0 atom stereocenters. The van der Waals surface area contributed by atoms with Gasteiger partial charge in [-0.1, -0.05) is 11.6 Å². The molecule has 0 saturated carbocycles. The Labute approximate surface area is 78.8 Å². The summed E-state index contributed by atoms with van der Waals surface area (Å²) in [6.45, 7) is 6.02. The molecule has 0 saturated heterocycles. The van der Waals surface area contributed by atoms with Crippen LogP contribution >= 0.6 is 12.0 Å². The van der Waals surface area contributed by atoms with Crippen LogP contribution in [0.4, 0.5) is 0 Å². The molecule has 12 heavy (non-hydrogen) atoms. The second kappa shape index (κ2) is 7.25. The molecule has 0 bridgehead atoms. The molecule has 0 amide bonds. The highest BCUT2D eigenvalue weighted by molar-refractivity contribution is 7.94. The van der Waals surface area contributed by atoms with Crippen LogP contribution in [0.15, 0.2) is 23.5 Å². The third kappa shape index (κ3) is 7.69. The van der Waals surface area contributed by atoms with Crippen molar-refractivity contribution in [1.29, 1.82) is 0 Å². The van der Waals surface area contributed by atoms with Gasteiger partial charge in [0, 0.05) is 12.0 Å². The van der Waals surface area contributed by atoms with Gasteiger partial charge in [-0.3, -0.25) is 0 Å². The van der Waals surface area contributed by atoms with E-state index in [0.717, 1.165) is 5.76 Å². The summed E-state index contributed by atoms with van der Waals surface area (Å²) in [5.74, 6) is 1.44. The molecule has 2 nitrogen and oxygen atoms in total. The van der Waals surface area contributed by atoms with E-state index in [1.54, 1.807) is 7.11 Å². The van der Waals surface area contributed by atoms with Gasteiger partial charge in [0.05, 0.1) is 12.9 Å².